The molecule has 0 unspecified atom stereocenters. The highest BCUT2D eigenvalue weighted by Gasteiger charge is 2.53. The lowest BCUT2D eigenvalue weighted by Crippen LogP contribution is -2.39. The van der Waals surface area contributed by atoms with Crippen molar-refractivity contribution in [2.24, 2.45) is 11.8 Å². The van der Waals surface area contributed by atoms with Crippen LogP contribution in [0.5, 0.6) is 5.75 Å². The van der Waals surface area contributed by atoms with Crippen LogP contribution in [-0.2, 0) is 16.1 Å². The molecule has 1 fully saturated rings. The zero-order chi connectivity index (χ0) is 20.0. The van der Waals surface area contributed by atoms with Crippen LogP contribution >= 0.6 is 0 Å². The first-order valence-electron chi connectivity index (χ1n) is 8.25. The van der Waals surface area contributed by atoms with E-state index < -0.39 is 43.1 Å². The van der Waals surface area contributed by atoms with E-state index in [9.17, 15) is 22.8 Å². The number of alkyl halides is 3. The van der Waals surface area contributed by atoms with E-state index in [-0.39, 0.29) is 6.54 Å². The van der Waals surface area contributed by atoms with Crippen molar-refractivity contribution in [3.8, 4) is 5.75 Å². The van der Waals surface area contributed by atoms with Gasteiger partial charge in [0, 0.05) is 26.7 Å². The summed E-state index contributed by atoms with van der Waals surface area (Å²) in [5.74, 6) is -4.72. The Kier molecular flexibility index (Phi) is 6.89. The molecule has 0 radical (unpaired) electrons. The summed E-state index contributed by atoms with van der Waals surface area (Å²) >= 11 is 0. The summed E-state index contributed by atoms with van der Waals surface area (Å²) in [6.45, 7) is -0.306. The van der Waals surface area contributed by atoms with Gasteiger partial charge < -0.3 is 24.8 Å². The Balaban J connectivity index is 1.92. The number of carbonyl (C=O) groups excluding carboxylic acids is 1. The van der Waals surface area contributed by atoms with E-state index in [1.165, 1.54) is 0 Å². The molecule has 1 aromatic carbocycles. The molecule has 1 aromatic rings. The van der Waals surface area contributed by atoms with Gasteiger partial charge in [0.2, 0.25) is 0 Å². The number of methoxy groups -OCH3 is 1. The molecule has 0 saturated carbocycles. The van der Waals surface area contributed by atoms with Gasteiger partial charge in [0.05, 0.1) is 18.4 Å². The minimum Gasteiger partial charge on any atom is -0.491 e. The third-order valence-electron chi connectivity index (χ3n) is 4.24. The highest BCUT2D eigenvalue weighted by atomic mass is 19.4. The topological polar surface area (TPSA) is 88.1 Å². The largest absolute Gasteiger partial charge is 0.491 e. The molecule has 150 valence electrons. The monoisotopic (exact) mass is 390 g/mol. The number of ether oxygens (including phenoxy) is 2. The average Bonchev–Trinajstić information content (AvgIpc) is 3.06. The van der Waals surface area contributed by atoms with E-state index in [2.05, 4.69) is 5.32 Å². The van der Waals surface area contributed by atoms with Gasteiger partial charge >= 0.3 is 18.2 Å². The van der Waals surface area contributed by atoms with Gasteiger partial charge in [-0.3, -0.25) is 4.79 Å². The van der Waals surface area contributed by atoms with Crippen molar-refractivity contribution in [3.63, 3.8) is 0 Å². The SMILES string of the molecule is COCCOc1cccc(CNC(=O)N2C[C@@H](C(F)(F)F)[C@H](C(=O)O)C2)c1. The van der Waals surface area contributed by atoms with Gasteiger partial charge in [0.15, 0.2) is 0 Å². The van der Waals surface area contributed by atoms with Gasteiger partial charge in [-0.25, -0.2) is 4.79 Å². The Morgan fingerprint density at radius 3 is 2.63 bits per heavy atom. The first-order chi connectivity index (χ1) is 12.7. The van der Waals surface area contributed by atoms with Crippen LogP contribution in [0.2, 0.25) is 0 Å². The molecule has 0 aliphatic carbocycles. The van der Waals surface area contributed by atoms with Crippen molar-refractivity contribution < 1.29 is 37.3 Å². The molecule has 7 nitrogen and oxygen atoms in total. The van der Waals surface area contributed by atoms with E-state index in [0.29, 0.717) is 24.5 Å². The minimum atomic E-state index is -4.67. The summed E-state index contributed by atoms with van der Waals surface area (Å²) in [5, 5.41) is 11.5. The van der Waals surface area contributed by atoms with Crippen molar-refractivity contribution in [1.29, 1.82) is 0 Å². The first-order valence-corrected chi connectivity index (χ1v) is 8.25. The number of halogens is 3. The van der Waals surface area contributed by atoms with Crippen molar-refractivity contribution >= 4 is 12.0 Å². The van der Waals surface area contributed by atoms with Gasteiger partial charge in [0.25, 0.3) is 0 Å². The Hall–Kier alpha value is -2.49. The van der Waals surface area contributed by atoms with Crippen LogP contribution in [0.15, 0.2) is 24.3 Å². The minimum absolute atomic E-state index is 0.0746. The average molecular weight is 390 g/mol. The van der Waals surface area contributed by atoms with Crippen LogP contribution in [0.25, 0.3) is 0 Å². The fraction of sp³-hybridized carbons (Fsp3) is 0.529. The van der Waals surface area contributed by atoms with E-state index in [1.54, 1.807) is 31.4 Å². The molecule has 1 heterocycles. The number of nitrogens with zero attached hydrogens (tertiary/aromatic N) is 1. The summed E-state index contributed by atoms with van der Waals surface area (Å²) in [5.41, 5.74) is 0.694. The van der Waals surface area contributed by atoms with Gasteiger partial charge in [-0.1, -0.05) is 12.1 Å². The lowest BCUT2D eigenvalue weighted by atomic mass is 9.96. The summed E-state index contributed by atoms with van der Waals surface area (Å²) in [7, 11) is 1.55. The Morgan fingerprint density at radius 1 is 1.30 bits per heavy atom. The number of nitrogens with one attached hydrogen (secondary N) is 1. The van der Waals surface area contributed by atoms with Gasteiger partial charge in [-0.2, -0.15) is 13.2 Å². The molecular formula is C17H21F3N2O5. The fourth-order valence-electron chi connectivity index (χ4n) is 2.83. The summed E-state index contributed by atoms with van der Waals surface area (Å²) in [4.78, 5) is 24.1. The van der Waals surface area contributed by atoms with Crippen LogP contribution in [0.1, 0.15) is 5.56 Å². The van der Waals surface area contributed by atoms with Crippen molar-refractivity contribution in [3.05, 3.63) is 29.8 Å². The lowest BCUT2D eigenvalue weighted by Gasteiger charge is -2.19. The maximum atomic E-state index is 13.0. The zero-order valence-electron chi connectivity index (χ0n) is 14.7. The van der Waals surface area contributed by atoms with Gasteiger partial charge in [0.1, 0.15) is 12.4 Å². The molecule has 0 aromatic heterocycles. The number of carboxylic acid groups (broad SMARTS) is 1. The number of carboxylic acids is 1. The highest BCUT2D eigenvalue weighted by Crippen LogP contribution is 2.37. The molecule has 2 N–H and O–H groups in total. The number of hydrogen-bond acceptors (Lipinski definition) is 4. The second kappa shape index (κ2) is 8.94. The normalized spacial score (nSPS) is 19.8. The van der Waals surface area contributed by atoms with Crippen LogP contribution < -0.4 is 10.1 Å². The molecule has 10 heteroatoms. The molecule has 2 rings (SSSR count). The Morgan fingerprint density at radius 2 is 2.04 bits per heavy atom. The molecule has 0 bridgehead atoms. The predicted octanol–water partition coefficient (Wildman–Crippen LogP) is 2.12. The molecule has 1 aliphatic heterocycles. The number of rotatable bonds is 7. The molecular weight excluding hydrogens is 369 g/mol. The summed E-state index contributed by atoms with van der Waals surface area (Å²) < 4.78 is 49.3. The summed E-state index contributed by atoms with van der Waals surface area (Å²) in [6.07, 6.45) is -4.67. The number of carbonyl (C=O) groups is 2. The smallest absolute Gasteiger partial charge is 0.394 e. The van der Waals surface area contributed by atoms with Gasteiger partial charge in [-0.15, -0.1) is 0 Å². The van der Waals surface area contributed by atoms with Crippen LogP contribution in [0.4, 0.5) is 18.0 Å². The summed E-state index contributed by atoms with van der Waals surface area (Å²) in [6, 6.07) is 6.13. The number of urea groups is 1. The Bertz CT molecular complexity index is 668. The lowest BCUT2D eigenvalue weighted by molar-refractivity contribution is -0.187. The Labute approximate surface area is 154 Å². The standard InChI is InChI=1S/C17H21F3N2O5/c1-26-5-6-27-12-4-2-3-11(7-12)8-21-16(25)22-9-13(15(23)24)14(10-22)17(18,19)20/h2-4,7,13-14H,5-6,8-10H2,1H3,(H,21,25)(H,23,24)/t13-,14-/m1/s1. The number of hydrogen-bond donors (Lipinski definition) is 2. The zero-order valence-corrected chi connectivity index (χ0v) is 14.7. The number of amides is 2. The van der Waals surface area contributed by atoms with Crippen LogP contribution in [-0.4, -0.2) is 61.6 Å². The molecule has 2 amide bonds. The number of benzene rings is 1. The molecule has 1 aliphatic rings. The van der Waals surface area contributed by atoms with Crippen molar-refractivity contribution in [2.45, 2.75) is 12.7 Å². The molecule has 2 atom stereocenters. The second-order valence-electron chi connectivity index (χ2n) is 6.15. The number of aliphatic carboxylic acids is 1. The van der Waals surface area contributed by atoms with Crippen LogP contribution in [0.3, 0.4) is 0 Å². The third-order valence-corrected chi connectivity index (χ3v) is 4.24. The first kappa shape index (κ1) is 20.8. The van der Waals surface area contributed by atoms with Crippen LogP contribution in [0, 0.1) is 11.8 Å². The second-order valence-corrected chi connectivity index (χ2v) is 6.15. The molecule has 27 heavy (non-hydrogen) atoms. The van der Waals surface area contributed by atoms with Crippen molar-refractivity contribution in [1.82, 2.24) is 10.2 Å². The van der Waals surface area contributed by atoms with E-state index in [0.717, 1.165) is 4.90 Å². The maximum absolute atomic E-state index is 13.0. The van der Waals surface area contributed by atoms with Crippen molar-refractivity contribution in [2.75, 3.05) is 33.4 Å². The van der Waals surface area contributed by atoms with E-state index in [4.69, 9.17) is 14.6 Å². The van der Waals surface area contributed by atoms with Gasteiger partial charge in [-0.05, 0) is 17.7 Å². The number of likely N-dealkylation sites (tertiary alicyclic amines) is 1. The van der Waals surface area contributed by atoms with E-state index in [1.807, 2.05) is 0 Å². The predicted molar refractivity (Wildman–Crippen MR) is 88.3 cm³/mol. The quantitative estimate of drug-likeness (QED) is 0.697. The highest BCUT2D eigenvalue weighted by molar-refractivity contribution is 5.77. The maximum Gasteiger partial charge on any atom is 0.394 e. The molecule has 1 saturated heterocycles. The molecule has 0 spiro atoms. The fourth-order valence-corrected chi connectivity index (χ4v) is 2.83. The third kappa shape index (κ3) is 5.75. The van der Waals surface area contributed by atoms with E-state index >= 15 is 0 Å².